The molecule has 284 valence electrons. The zero-order valence-electron chi connectivity index (χ0n) is 33.9. The van der Waals surface area contributed by atoms with Gasteiger partial charge in [-0.15, -0.1) is 0 Å². The molecule has 1 aliphatic rings. The van der Waals surface area contributed by atoms with Crippen molar-refractivity contribution in [2.24, 2.45) is 0 Å². The van der Waals surface area contributed by atoms with E-state index in [1.54, 1.807) is 0 Å². The number of aromatic nitrogens is 2. The first kappa shape index (κ1) is 34.2. The first-order chi connectivity index (χ1) is 28.7. The minimum atomic E-state index is 0.138. The summed E-state index contributed by atoms with van der Waals surface area (Å²) in [7, 11) is 0. The van der Waals surface area contributed by atoms with Crippen LogP contribution >= 0.6 is 0 Å². The van der Waals surface area contributed by atoms with Crippen LogP contribution in [0.3, 0.4) is 0 Å². The fraction of sp³-hybridized carbons (Fsp3) is 0.143. The third-order valence-corrected chi connectivity index (χ3v) is 13.6. The molecule has 8 aromatic carbocycles. The summed E-state index contributed by atoms with van der Waals surface area (Å²) in [4.78, 5) is 0. The minimum absolute atomic E-state index is 0.138. The van der Waals surface area contributed by atoms with Gasteiger partial charge in [0.1, 0.15) is 5.58 Å². The van der Waals surface area contributed by atoms with Gasteiger partial charge < -0.3 is 13.6 Å². The molecule has 0 radical (unpaired) electrons. The number of fused-ring (bicyclic) bond motifs is 10. The average Bonchev–Trinajstić information content (AvgIpc) is 3.93. The second-order valence-corrected chi connectivity index (χ2v) is 18.0. The predicted octanol–water partition coefficient (Wildman–Crippen LogP) is 15.5. The second-order valence-electron chi connectivity index (χ2n) is 18.0. The largest absolute Gasteiger partial charge is 0.453 e. The van der Waals surface area contributed by atoms with Crippen LogP contribution in [0.25, 0.3) is 99.2 Å². The molecule has 0 spiro atoms. The summed E-state index contributed by atoms with van der Waals surface area (Å²) in [6, 6.07) is 62.5. The highest BCUT2D eigenvalue weighted by molar-refractivity contribution is 6.15. The lowest BCUT2D eigenvalue weighted by Crippen LogP contribution is -2.33. The van der Waals surface area contributed by atoms with Crippen LogP contribution in [0.15, 0.2) is 174 Å². The van der Waals surface area contributed by atoms with Crippen LogP contribution in [0.2, 0.25) is 0 Å². The number of nitrogens with zero attached hydrogens (tertiary/aromatic N) is 2. The molecule has 0 fully saturated rings. The van der Waals surface area contributed by atoms with Gasteiger partial charge in [0.25, 0.3) is 0 Å². The lowest BCUT2D eigenvalue weighted by atomic mass is 9.63. The Morgan fingerprint density at radius 2 is 0.932 bits per heavy atom. The van der Waals surface area contributed by atoms with E-state index in [-0.39, 0.29) is 10.8 Å². The molecule has 0 saturated carbocycles. The third-order valence-electron chi connectivity index (χ3n) is 13.6. The Morgan fingerprint density at radius 1 is 0.390 bits per heavy atom. The number of hydrogen-bond donors (Lipinski definition) is 0. The fourth-order valence-electron chi connectivity index (χ4n) is 10.4. The van der Waals surface area contributed by atoms with E-state index < -0.39 is 0 Å². The van der Waals surface area contributed by atoms with Gasteiger partial charge >= 0.3 is 0 Å². The van der Waals surface area contributed by atoms with Crippen molar-refractivity contribution in [2.45, 2.75) is 51.4 Å². The summed E-state index contributed by atoms with van der Waals surface area (Å²) < 4.78 is 11.8. The molecule has 12 rings (SSSR count). The van der Waals surface area contributed by atoms with E-state index in [0.717, 1.165) is 49.8 Å². The van der Waals surface area contributed by atoms with Crippen LogP contribution < -0.4 is 0 Å². The van der Waals surface area contributed by atoms with E-state index in [1.165, 1.54) is 73.4 Å². The SMILES string of the molecule is CC1(C)CCC(C)(C)c2cc(-n3c4ccccc4c4cc(-c5ccc6c(c5)c5ccccc5n6-c5cccc6c5oc5c(-c7ccccc7)cccc56)ccc43)ccc21. The van der Waals surface area contributed by atoms with Crippen LogP contribution in [-0.4, -0.2) is 9.13 Å². The molecule has 0 unspecified atom stereocenters. The summed E-state index contributed by atoms with van der Waals surface area (Å²) in [5, 5.41) is 7.23. The maximum absolute atomic E-state index is 6.92. The average molecular weight is 761 g/mol. The van der Waals surface area contributed by atoms with Crippen molar-refractivity contribution in [3.8, 4) is 33.6 Å². The van der Waals surface area contributed by atoms with Gasteiger partial charge in [0, 0.05) is 43.6 Å². The second kappa shape index (κ2) is 12.3. The van der Waals surface area contributed by atoms with Gasteiger partial charge in [-0.2, -0.15) is 0 Å². The van der Waals surface area contributed by atoms with Crippen molar-refractivity contribution in [2.75, 3.05) is 0 Å². The molecule has 1 aliphatic carbocycles. The Hall–Kier alpha value is -6.84. The summed E-state index contributed by atoms with van der Waals surface area (Å²) in [6.07, 6.45) is 2.41. The lowest BCUT2D eigenvalue weighted by molar-refractivity contribution is 0.332. The molecule has 11 aromatic rings. The minimum Gasteiger partial charge on any atom is -0.453 e. The van der Waals surface area contributed by atoms with Gasteiger partial charge in [-0.05, 0) is 106 Å². The van der Waals surface area contributed by atoms with Gasteiger partial charge in [-0.3, -0.25) is 0 Å². The molecule has 3 aromatic heterocycles. The molecule has 0 N–H and O–H groups in total. The monoisotopic (exact) mass is 760 g/mol. The molecule has 0 aliphatic heterocycles. The van der Waals surface area contributed by atoms with Crippen LogP contribution in [0.1, 0.15) is 51.7 Å². The van der Waals surface area contributed by atoms with Crippen molar-refractivity contribution in [3.05, 3.63) is 181 Å². The highest BCUT2D eigenvalue weighted by Gasteiger charge is 2.37. The molecule has 0 amide bonds. The summed E-state index contributed by atoms with van der Waals surface area (Å²) >= 11 is 0. The topological polar surface area (TPSA) is 23.0 Å². The maximum Gasteiger partial charge on any atom is 0.159 e. The van der Waals surface area contributed by atoms with Gasteiger partial charge in [0.05, 0.1) is 27.8 Å². The third kappa shape index (κ3) is 5.01. The normalized spacial score (nSPS) is 14.9. The van der Waals surface area contributed by atoms with E-state index in [2.05, 4.69) is 207 Å². The molecule has 0 atom stereocenters. The van der Waals surface area contributed by atoms with Crippen molar-refractivity contribution < 1.29 is 4.42 Å². The molecule has 0 bridgehead atoms. The number of para-hydroxylation sites is 4. The number of rotatable bonds is 4. The zero-order chi connectivity index (χ0) is 39.6. The molecule has 3 nitrogen and oxygen atoms in total. The summed E-state index contributed by atoms with van der Waals surface area (Å²) in [6.45, 7) is 9.64. The zero-order valence-corrected chi connectivity index (χ0v) is 33.9. The molecular formula is C56H44N2O. The Balaban J connectivity index is 1.02. The quantitative estimate of drug-likeness (QED) is 0.175. The lowest BCUT2D eigenvalue weighted by Gasteiger charge is -2.42. The van der Waals surface area contributed by atoms with Gasteiger partial charge in [-0.25, -0.2) is 0 Å². The van der Waals surface area contributed by atoms with Crippen molar-refractivity contribution >= 4 is 65.6 Å². The van der Waals surface area contributed by atoms with E-state index in [1.807, 2.05) is 0 Å². The summed E-state index contributed by atoms with van der Waals surface area (Å²) in [5.74, 6) is 0. The standard InChI is InChI=1S/C56H44N2O/c1-55(2)30-31-56(3,4)47-34-38(26-27-46(47)55)57-48-21-10-8-16-40(48)44-32-36(24-28-50(44)57)37-25-29-51-45(33-37)41-17-9-11-22-49(41)58(51)52-23-13-20-43-42-19-12-18-39(53(42)59-54(43)52)35-14-6-5-7-15-35/h5-29,32-34H,30-31H2,1-4H3. The fourth-order valence-corrected chi connectivity index (χ4v) is 10.4. The molecule has 59 heavy (non-hydrogen) atoms. The predicted molar refractivity (Wildman–Crippen MR) is 249 cm³/mol. The number of furan rings is 1. The van der Waals surface area contributed by atoms with Crippen LogP contribution in [0, 0.1) is 0 Å². The van der Waals surface area contributed by atoms with Crippen molar-refractivity contribution in [3.63, 3.8) is 0 Å². The number of benzene rings is 8. The highest BCUT2D eigenvalue weighted by Crippen LogP contribution is 2.47. The summed E-state index contributed by atoms with van der Waals surface area (Å²) in [5.41, 5.74) is 16.8. The smallest absolute Gasteiger partial charge is 0.159 e. The molecular weight excluding hydrogens is 717 g/mol. The molecule has 3 heterocycles. The molecule has 3 heteroatoms. The first-order valence-electron chi connectivity index (χ1n) is 21.0. The Bertz CT molecular complexity index is 3500. The van der Waals surface area contributed by atoms with Crippen LogP contribution in [0.5, 0.6) is 0 Å². The number of hydrogen-bond acceptors (Lipinski definition) is 1. The van der Waals surface area contributed by atoms with Gasteiger partial charge in [-0.1, -0.05) is 143 Å². The van der Waals surface area contributed by atoms with Crippen LogP contribution in [-0.2, 0) is 10.8 Å². The van der Waals surface area contributed by atoms with E-state index in [9.17, 15) is 0 Å². The van der Waals surface area contributed by atoms with Crippen molar-refractivity contribution in [1.29, 1.82) is 0 Å². The van der Waals surface area contributed by atoms with Crippen LogP contribution in [0.4, 0.5) is 0 Å². The van der Waals surface area contributed by atoms with Crippen molar-refractivity contribution in [1.82, 2.24) is 9.13 Å². The van der Waals surface area contributed by atoms with Gasteiger partial charge in [0.2, 0.25) is 0 Å². The first-order valence-corrected chi connectivity index (χ1v) is 21.0. The Kier molecular flexibility index (Phi) is 7.15. The Labute approximate surface area is 343 Å². The van der Waals surface area contributed by atoms with E-state index in [0.29, 0.717) is 0 Å². The maximum atomic E-state index is 6.92. The van der Waals surface area contributed by atoms with E-state index >= 15 is 0 Å². The van der Waals surface area contributed by atoms with E-state index in [4.69, 9.17) is 4.42 Å². The highest BCUT2D eigenvalue weighted by atomic mass is 16.3. The van der Waals surface area contributed by atoms with Gasteiger partial charge in [0.15, 0.2) is 5.58 Å². The molecule has 0 saturated heterocycles. The Morgan fingerprint density at radius 3 is 1.63 bits per heavy atom.